The number of nitro groups is 1. The zero-order valence-corrected chi connectivity index (χ0v) is 11.8. The number of hydrogen-bond acceptors (Lipinski definition) is 5. The zero-order chi connectivity index (χ0) is 15.2. The van der Waals surface area contributed by atoms with Crippen LogP contribution in [0, 0.1) is 10.1 Å². The SMILES string of the molecule is C[C@@H](Oc1ccc([N+](=O)[O-])cc1)C(=O)NC[C@H]1CCCO1. The minimum atomic E-state index is -0.673. The third-order valence-corrected chi connectivity index (χ3v) is 3.26. The van der Waals surface area contributed by atoms with Crippen molar-refractivity contribution in [3.8, 4) is 5.75 Å². The number of benzene rings is 1. The summed E-state index contributed by atoms with van der Waals surface area (Å²) in [6.07, 6.45) is 1.39. The van der Waals surface area contributed by atoms with Crippen molar-refractivity contribution in [3.63, 3.8) is 0 Å². The van der Waals surface area contributed by atoms with E-state index in [0.717, 1.165) is 19.4 Å². The predicted octanol–water partition coefficient (Wildman–Crippen LogP) is 1.66. The first-order chi connectivity index (χ1) is 10.1. The van der Waals surface area contributed by atoms with Gasteiger partial charge in [0.15, 0.2) is 6.10 Å². The Morgan fingerprint density at radius 2 is 2.24 bits per heavy atom. The van der Waals surface area contributed by atoms with Crippen molar-refractivity contribution in [2.24, 2.45) is 0 Å². The quantitative estimate of drug-likeness (QED) is 0.636. The number of rotatable bonds is 6. The molecule has 21 heavy (non-hydrogen) atoms. The van der Waals surface area contributed by atoms with Crippen LogP contribution in [-0.2, 0) is 9.53 Å². The molecule has 1 aromatic carbocycles. The number of non-ortho nitro benzene ring substituents is 1. The smallest absolute Gasteiger partial charge is 0.269 e. The van der Waals surface area contributed by atoms with E-state index < -0.39 is 11.0 Å². The zero-order valence-electron chi connectivity index (χ0n) is 11.8. The molecule has 0 aromatic heterocycles. The topological polar surface area (TPSA) is 90.7 Å². The molecule has 0 spiro atoms. The van der Waals surface area contributed by atoms with E-state index in [9.17, 15) is 14.9 Å². The van der Waals surface area contributed by atoms with Gasteiger partial charge < -0.3 is 14.8 Å². The third kappa shape index (κ3) is 4.42. The van der Waals surface area contributed by atoms with Crippen LogP contribution in [0.15, 0.2) is 24.3 Å². The van der Waals surface area contributed by atoms with Gasteiger partial charge in [0.2, 0.25) is 0 Å². The Morgan fingerprint density at radius 3 is 2.81 bits per heavy atom. The Balaban J connectivity index is 1.80. The lowest BCUT2D eigenvalue weighted by molar-refractivity contribution is -0.384. The van der Waals surface area contributed by atoms with Gasteiger partial charge in [0.05, 0.1) is 11.0 Å². The van der Waals surface area contributed by atoms with Crippen molar-refractivity contribution in [3.05, 3.63) is 34.4 Å². The van der Waals surface area contributed by atoms with E-state index in [0.29, 0.717) is 12.3 Å². The normalized spacial score (nSPS) is 19.0. The van der Waals surface area contributed by atoms with Gasteiger partial charge in [-0.3, -0.25) is 14.9 Å². The van der Waals surface area contributed by atoms with Crippen molar-refractivity contribution >= 4 is 11.6 Å². The molecule has 0 radical (unpaired) electrons. The van der Waals surface area contributed by atoms with Gasteiger partial charge in [-0.25, -0.2) is 0 Å². The molecule has 1 aliphatic heterocycles. The molecule has 1 amide bonds. The summed E-state index contributed by atoms with van der Waals surface area (Å²) in [7, 11) is 0. The molecule has 1 saturated heterocycles. The number of carbonyl (C=O) groups excluding carboxylic acids is 1. The van der Waals surface area contributed by atoms with Crippen LogP contribution in [0.2, 0.25) is 0 Å². The average Bonchev–Trinajstić information content (AvgIpc) is 2.98. The summed E-state index contributed by atoms with van der Waals surface area (Å²) in [6.45, 7) is 2.86. The molecule has 7 nitrogen and oxygen atoms in total. The van der Waals surface area contributed by atoms with Gasteiger partial charge in [-0.1, -0.05) is 0 Å². The first-order valence-electron chi connectivity index (χ1n) is 6.86. The first kappa shape index (κ1) is 15.2. The Hall–Kier alpha value is -2.15. The van der Waals surface area contributed by atoms with Crippen LogP contribution in [-0.4, -0.2) is 36.2 Å². The van der Waals surface area contributed by atoms with Gasteiger partial charge >= 0.3 is 0 Å². The minimum Gasteiger partial charge on any atom is -0.481 e. The monoisotopic (exact) mass is 294 g/mol. The maximum Gasteiger partial charge on any atom is 0.269 e. The lowest BCUT2D eigenvalue weighted by Crippen LogP contribution is -2.40. The molecular weight excluding hydrogens is 276 g/mol. The van der Waals surface area contributed by atoms with Gasteiger partial charge in [0, 0.05) is 25.3 Å². The molecule has 1 fully saturated rings. The molecule has 1 N–H and O–H groups in total. The molecule has 2 atom stereocenters. The van der Waals surface area contributed by atoms with E-state index in [1.54, 1.807) is 6.92 Å². The maximum atomic E-state index is 11.9. The van der Waals surface area contributed by atoms with Crippen LogP contribution in [0.4, 0.5) is 5.69 Å². The lowest BCUT2D eigenvalue weighted by atomic mass is 10.2. The molecule has 1 heterocycles. The van der Waals surface area contributed by atoms with E-state index in [1.165, 1.54) is 24.3 Å². The van der Waals surface area contributed by atoms with E-state index in [4.69, 9.17) is 9.47 Å². The molecule has 1 aliphatic rings. The Bertz CT molecular complexity index is 497. The Morgan fingerprint density at radius 1 is 1.52 bits per heavy atom. The van der Waals surface area contributed by atoms with Crippen LogP contribution in [0.5, 0.6) is 5.75 Å². The largest absolute Gasteiger partial charge is 0.481 e. The molecule has 7 heteroatoms. The average molecular weight is 294 g/mol. The maximum absolute atomic E-state index is 11.9. The standard InChI is InChI=1S/C14H18N2O5/c1-10(14(17)15-9-13-3-2-8-20-13)21-12-6-4-11(5-7-12)16(18)19/h4-7,10,13H,2-3,8-9H2,1H3,(H,15,17)/t10-,13-/m1/s1. The second-order valence-electron chi connectivity index (χ2n) is 4.89. The summed E-state index contributed by atoms with van der Waals surface area (Å²) in [5.74, 6) is 0.184. The highest BCUT2D eigenvalue weighted by Crippen LogP contribution is 2.18. The molecule has 0 bridgehead atoms. The highest BCUT2D eigenvalue weighted by molar-refractivity contribution is 5.80. The van der Waals surface area contributed by atoms with Gasteiger partial charge in [-0.05, 0) is 31.9 Å². The predicted molar refractivity (Wildman–Crippen MR) is 75.2 cm³/mol. The van der Waals surface area contributed by atoms with Gasteiger partial charge in [0.1, 0.15) is 5.75 Å². The summed E-state index contributed by atoms with van der Waals surface area (Å²) < 4.78 is 10.9. The highest BCUT2D eigenvalue weighted by Gasteiger charge is 2.19. The molecule has 1 aromatic rings. The van der Waals surface area contributed by atoms with Crippen LogP contribution < -0.4 is 10.1 Å². The number of nitrogens with zero attached hydrogens (tertiary/aromatic N) is 1. The number of ether oxygens (including phenoxy) is 2. The van der Waals surface area contributed by atoms with Gasteiger partial charge in [-0.15, -0.1) is 0 Å². The Labute approximate surface area is 122 Å². The fourth-order valence-corrected chi connectivity index (χ4v) is 2.07. The van der Waals surface area contributed by atoms with Crippen LogP contribution in [0.1, 0.15) is 19.8 Å². The van der Waals surface area contributed by atoms with E-state index in [-0.39, 0.29) is 17.7 Å². The summed E-state index contributed by atoms with van der Waals surface area (Å²) in [6, 6.07) is 5.63. The van der Waals surface area contributed by atoms with Gasteiger partial charge in [-0.2, -0.15) is 0 Å². The van der Waals surface area contributed by atoms with E-state index in [2.05, 4.69) is 5.32 Å². The summed E-state index contributed by atoms with van der Waals surface area (Å²) in [5, 5.41) is 13.3. The number of amides is 1. The third-order valence-electron chi connectivity index (χ3n) is 3.26. The van der Waals surface area contributed by atoms with Crippen molar-refractivity contribution < 1.29 is 19.2 Å². The van der Waals surface area contributed by atoms with Crippen molar-refractivity contribution in [2.45, 2.75) is 32.0 Å². The fourth-order valence-electron chi connectivity index (χ4n) is 2.07. The molecule has 114 valence electrons. The molecule has 0 saturated carbocycles. The number of carbonyl (C=O) groups is 1. The Kier molecular flexibility index (Phi) is 5.10. The molecule has 2 rings (SSSR count). The van der Waals surface area contributed by atoms with Gasteiger partial charge in [0.25, 0.3) is 11.6 Å². The summed E-state index contributed by atoms with van der Waals surface area (Å²) in [4.78, 5) is 21.9. The second-order valence-corrected chi connectivity index (χ2v) is 4.89. The number of hydrogen-bond donors (Lipinski definition) is 1. The summed E-state index contributed by atoms with van der Waals surface area (Å²) in [5.41, 5.74) is -0.0159. The van der Waals surface area contributed by atoms with Crippen LogP contribution >= 0.6 is 0 Å². The molecule has 0 aliphatic carbocycles. The molecular formula is C14H18N2O5. The van der Waals surface area contributed by atoms with E-state index in [1.807, 2.05) is 0 Å². The minimum absolute atomic E-state index is 0.0159. The number of nitro benzene ring substituents is 1. The highest BCUT2D eigenvalue weighted by atomic mass is 16.6. The van der Waals surface area contributed by atoms with E-state index >= 15 is 0 Å². The lowest BCUT2D eigenvalue weighted by Gasteiger charge is -2.16. The van der Waals surface area contributed by atoms with Crippen LogP contribution in [0.25, 0.3) is 0 Å². The number of nitrogens with one attached hydrogen (secondary N) is 1. The van der Waals surface area contributed by atoms with Crippen molar-refractivity contribution in [1.29, 1.82) is 0 Å². The van der Waals surface area contributed by atoms with Crippen LogP contribution in [0.3, 0.4) is 0 Å². The second kappa shape index (κ2) is 7.03. The summed E-state index contributed by atoms with van der Waals surface area (Å²) >= 11 is 0. The molecule has 0 unspecified atom stereocenters. The van der Waals surface area contributed by atoms with Crippen molar-refractivity contribution in [1.82, 2.24) is 5.32 Å². The van der Waals surface area contributed by atoms with Crippen molar-refractivity contribution in [2.75, 3.05) is 13.2 Å². The fraction of sp³-hybridized carbons (Fsp3) is 0.500. The first-order valence-corrected chi connectivity index (χ1v) is 6.86.